The van der Waals surface area contributed by atoms with Crippen LogP contribution in [0, 0.1) is 5.92 Å². The van der Waals surface area contributed by atoms with E-state index in [1.165, 1.54) is 37.8 Å². The standard InChI is InChI=1S/C18H30N2O/c1-15-5-4-6-16(8-7-15)19-17-9-11-18(12-10-17)21-14-13-20(2)3/h9-12,15-16,19H,4-8,13-14H2,1-3H3. The van der Waals surface area contributed by atoms with Gasteiger partial charge >= 0.3 is 0 Å². The number of anilines is 1. The Bertz CT molecular complexity index is 402. The molecule has 1 saturated carbocycles. The second-order valence-electron chi connectivity index (χ2n) is 6.63. The zero-order valence-corrected chi connectivity index (χ0v) is 13.8. The van der Waals surface area contributed by atoms with Crippen LogP contribution in [0.1, 0.15) is 39.0 Å². The molecule has 1 fully saturated rings. The summed E-state index contributed by atoms with van der Waals surface area (Å²) in [5, 5.41) is 3.68. The summed E-state index contributed by atoms with van der Waals surface area (Å²) in [5.41, 5.74) is 1.22. The van der Waals surface area contributed by atoms with Crippen LogP contribution in [0.4, 0.5) is 5.69 Å². The third kappa shape index (κ3) is 5.96. The van der Waals surface area contributed by atoms with Crippen LogP contribution in [0.25, 0.3) is 0 Å². The topological polar surface area (TPSA) is 24.5 Å². The number of nitrogens with zero attached hydrogens (tertiary/aromatic N) is 1. The van der Waals surface area contributed by atoms with Crippen molar-refractivity contribution in [3.05, 3.63) is 24.3 Å². The zero-order chi connectivity index (χ0) is 15.1. The highest BCUT2D eigenvalue weighted by atomic mass is 16.5. The van der Waals surface area contributed by atoms with Gasteiger partial charge in [-0.05, 0) is 63.5 Å². The van der Waals surface area contributed by atoms with Crippen LogP contribution in [0.15, 0.2) is 24.3 Å². The van der Waals surface area contributed by atoms with Crippen LogP contribution in [-0.4, -0.2) is 38.2 Å². The Labute approximate surface area is 129 Å². The van der Waals surface area contributed by atoms with Gasteiger partial charge in [-0.15, -0.1) is 0 Å². The monoisotopic (exact) mass is 290 g/mol. The highest BCUT2D eigenvalue weighted by Gasteiger charge is 2.15. The normalized spacial score (nSPS) is 22.9. The smallest absolute Gasteiger partial charge is 0.119 e. The van der Waals surface area contributed by atoms with E-state index in [1.807, 2.05) is 0 Å². The molecule has 0 bridgehead atoms. The Balaban J connectivity index is 1.79. The van der Waals surface area contributed by atoms with Gasteiger partial charge in [0.2, 0.25) is 0 Å². The highest BCUT2D eigenvalue weighted by molar-refractivity contribution is 5.47. The average Bonchev–Trinajstić information content (AvgIpc) is 2.65. The average molecular weight is 290 g/mol. The van der Waals surface area contributed by atoms with E-state index in [-0.39, 0.29) is 0 Å². The Morgan fingerprint density at radius 1 is 1.10 bits per heavy atom. The molecule has 0 heterocycles. The van der Waals surface area contributed by atoms with Gasteiger partial charge in [0.25, 0.3) is 0 Å². The molecule has 3 heteroatoms. The number of ether oxygens (including phenoxy) is 1. The predicted octanol–water partition coefficient (Wildman–Crippen LogP) is 4.01. The zero-order valence-electron chi connectivity index (χ0n) is 13.8. The summed E-state index contributed by atoms with van der Waals surface area (Å²) in [7, 11) is 4.12. The predicted molar refractivity (Wildman–Crippen MR) is 90.2 cm³/mol. The summed E-state index contributed by atoms with van der Waals surface area (Å²) in [4.78, 5) is 2.13. The van der Waals surface area contributed by atoms with Gasteiger partial charge < -0.3 is 15.0 Å². The van der Waals surface area contributed by atoms with E-state index in [9.17, 15) is 0 Å². The van der Waals surface area contributed by atoms with Crippen molar-refractivity contribution in [2.45, 2.75) is 45.1 Å². The van der Waals surface area contributed by atoms with Crippen molar-refractivity contribution < 1.29 is 4.74 Å². The van der Waals surface area contributed by atoms with E-state index in [1.54, 1.807) is 0 Å². The maximum atomic E-state index is 5.73. The van der Waals surface area contributed by atoms with E-state index < -0.39 is 0 Å². The Kier molecular flexibility index (Phi) is 6.37. The summed E-state index contributed by atoms with van der Waals surface area (Å²) in [6.07, 6.45) is 6.68. The highest BCUT2D eigenvalue weighted by Crippen LogP contribution is 2.25. The fourth-order valence-corrected chi connectivity index (χ4v) is 2.86. The van der Waals surface area contributed by atoms with Gasteiger partial charge in [-0.3, -0.25) is 0 Å². The SMILES string of the molecule is CC1CCCC(Nc2ccc(OCCN(C)C)cc2)CC1. The van der Waals surface area contributed by atoms with Crippen LogP contribution in [0.2, 0.25) is 0 Å². The Morgan fingerprint density at radius 2 is 1.86 bits per heavy atom. The molecule has 1 aromatic carbocycles. The quantitative estimate of drug-likeness (QED) is 0.801. The third-order valence-corrected chi connectivity index (χ3v) is 4.29. The molecule has 0 spiro atoms. The molecule has 0 aromatic heterocycles. The van der Waals surface area contributed by atoms with Crippen LogP contribution in [-0.2, 0) is 0 Å². The molecular formula is C18H30N2O. The fraction of sp³-hybridized carbons (Fsp3) is 0.667. The second kappa shape index (κ2) is 8.28. The second-order valence-corrected chi connectivity index (χ2v) is 6.63. The molecule has 1 aliphatic rings. The van der Waals surface area contributed by atoms with E-state index in [0.29, 0.717) is 6.04 Å². The van der Waals surface area contributed by atoms with Gasteiger partial charge in [-0.25, -0.2) is 0 Å². The van der Waals surface area contributed by atoms with Crippen molar-refractivity contribution in [3.8, 4) is 5.75 Å². The first-order chi connectivity index (χ1) is 10.1. The molecule has 2 unspecified atom stereocenters. The largest absolute Gasteiger partial charge is 0.492 e. The maximum Gasteiger partial charge on any atom is 0.119 e. The molecule has 3 nitrogen and oxygen atoms in total. The van der Waals surface area contributed by atoms with Gasteiger partial charge in [0.05, 0.1) is 0 Å². The first-order valence-corrected chi connectivity index (χ1v) is 8.27. The number of hydrogen-bond acceptors (Lipinski definition) is 3. The molecule has 1 N–H and O–H groups in total. The van der Waals surface area contributed by atoms with Crippen LogP contribution in [0.3, 0.4) is 0 Å². The van der Waals surface area contributed by atoms with Crippen molar-refractivity contribution in [2.24, 2.45) is 5.92 Å². The lowest BCUT2D eigenvalue weighted by Gasteiger charge is -2.18. The van der Waals surface area contributed by atoms with Crippen LogP contribution >= 0.6 is 0 Å². The van der Waals surface area contributed by atoms with Gasteiger partial charge in [0, 0.05) is 18.3 Å². The lowest BCUT2D eigenvalue weighted by Crippen LogP contribution is -2.19. The van der Waals surface area contributed by atoms with E-state index >= 15 is 0 Å². The van der Waals surface area contributed by atoms with Crippen LogP contribution in [0.5, 0.6) is 5.75 Å². The number of benzene rings is 1. The molecule has 0 radical (unpaired) electrons. The molecule has 1 aliphatic carbocycles. The molecule has 2 atom stereocenters. The molecule has 1 aromatic rings. The molecule has 0 aliphatic heterocycles. The Morgan fingerprint density at radius 3 is 2.57 bits per heavy atom. The van der Waals surface area contributed by atoms with E-state index in [2.05, 4.69) is 55.5 Å². The number of rotatable bonds is 6. The van der Waals surface area contributed by atoms with Gasteiger partial charge in [-0.1, -0.05) is 19.8 Å². The number of likely N-dealkylation sites (N-methyl/N-ethyl adjacent to an activating group) is 1. The summed E-state index contributed by atoms with van der Waals surface area (Å²) < 4.78 is 5.73. The van der Waals surface area contributed by atoms with E-state index in [4.69, 9.17) is 4.74 Å². The first-order valence-electron chi connectivity index (χ1n) is 8.27. The van der Waals surface area contributed by atoms with Gasteiger partial charge in [0.15, 0.2) is 0 Å². The number of nitrogens with one attached hydrogen (secondary N) is 1. The molecule has 0 saturated heterocycles. The molecule has 0 amide bonds. The lowest BCUT2D eigenvalue weighted by atomic mass is 10.0. The lowest BCUT2D eigenvalue weighted by molar-refractivity contribution is 0.261. The van der Waals surface area contributed by atoms with Crippen molar-refractivity contribution in [3.63, 3.8) is 0 Å². The molecule has 118 valence electrons. The van der Waals surface area contributed by atoms with Crippen molar-refractivity contribution in [2.75, 3.05) is 32.6 Å². The van der Waals surface area contributed by atoms with Crippen molar-refractivity contribution in [1.29, 1.82) is 0 Å². The molecule has 2 rings (SSSR count). The van der Waals surface area contributed by atoms with Crippen molar-refractivity contribution in [1.82, 2.24) is 4.90 Å². The van der Waals surface area contributed by atoms with E-state index in [0.717, 1.165) is 24.8 Å². The van der Waals surface area contributed by atoms with Crippen LogP contribution < -0.4 is 10.1 Å². The first kappa shape index (κ1) is 16.2. The van der Waals surface area contributed by atoms with Gasteiger partial charge in [0.1, 0.15) is 12.4 Å². The minimum absolute atomic E-state index is 0.635. The summed E-state index contributed by atoms with van der Waals surface area (Å²) in [6, 6.07) is 9.04. The Hall–Kier alpha value is -1.22. The fourth-order valence-electron chi connectivity index (χ4n) is 2.86. The molecule has 21 heavy (non-hydrogen) atoms. The summed E-state index contributed by atoms with van der Waals surface area (Å²) in [6.45, 7) is 4.06. The minimum atomic E-state index is 0.635. The van der Waals surface area contributed by atoms with Gasteiger partial charge in [-0.2, -0.15) is 0 Å². The summed E-state index contributed by atoms with van der Waals surface area (Å²) >= 11 is 0. The molecular weight excluding hydrogens is 260 g/mol. The maximum absolute atomic E-state index is 5.73. The van der Waals surface area contributed by atoms with Crippen molar-refractivity contribution >= 4 is 5.69 Å². The summed E-state index contributed by atoms with van der Waals surface area (Å²) in [5.74, 6) is 1.85. The third-order valence-electron chi connectivity index (χ3n) is 4.29. The minimum Gasteiger partial charge on any atom is -0.492 e. The number of hydrogen-bond donors (Lipinski definition) is 1.